The summed E-state index contributed by atoms with van der Waals surface area (Å²) in [5, 5.41) is 9.96. The lowest BCUT2D eigenvalue weighted by atomic mass is 10.1. The Bertz CT molecular complexity index is 526. The molecule has 0 aliphatic rings. The third-order valence-electron chi connectivity index (χ3n) is 2.88. The first-order chi connectivity index (χ1) is 9.36. The molecule has 2 aromatic carbocycles. The molecule has 0 saturated heterocycles. The monoisotopic (exact) mass is 250 g/mol. The molecule has 1 atom stereocenters. The molecule has 0 spiro atoms. The zero-order chi connectivity index (χ0) is 13.3. The SMILES string of the molecule is OC(C/C=C\C=C\c1ccccc1)c1ccccc1. The standard InChI is InChI=1S/C18H18O/c19-18(17-13-7-3-8-14-17)15-9-2-6-12-16-10-4-1-5-11-16/h1-14,18-19H,15H2/b9-2-,12-6+. The highest BCUT2D eigenvalue weighted by molar-refractivity contribution is 5.50. The lowest BCUT2D eigenvalue weighted by Gasteiger charge is -2.06. The van der Waals surface area contributed by atoms with E-state index in [1.807, 2.05) is 72.8 Å². The Balaban J connectivity index is 1.82. The normalized spacial score (nSPS) is 13.1. The Hall–Kier alpha value is -2.12. The highest BCUT2D eigenvalue weighted by Gasteiger charge is 2.02. The van der Waals surface area contributed by atoms with Crippen LogP contribution in [0.2, 0.25) is 0 Å². The van der Waals surface area contributed by atoms with Crippen LogP contribution in [0, 0.1) is 0 Å². The van der Waals surface area contributed by atoms with Gasteiger partial charge in [-0.2, -0.15) is 0 Å². The highest BCUT2D eigenvalue weighted by atomic mass is 16.3. The molecule has 96 valence electrons. The summed E-state index contributed by atoms with van der Waals surface area (Å²) in [6, 6.07) is 19.9. The van der Waals surface area contributed by atoms with Crippen molar-refractivity contribution in [1.29, 1.82) is 0 Å². The molecule has 0 aliphatic heterocycles. The third kappa shape index (κ3) is 4.57. The first-order valence-electron chi connectivity index (χ1n) is 6.47. The van der Waals surface area contributed by atoms with Crippen LogP contribution >= 0.6 is 0 Å². The molecule has 1 unspecified atom stereocenters. The second kappa shape index (κ2) is 7.34. The summed E-state index contributed by atoms with van der Waals surface area (Å²) >= 11 is 0. The Morgan fingerprint density at radius 1 is 0.842 bits per heavy atom. The summed E-state index contributed by atoms with van der Waals surface area (Å²) in [6.07, 6.45) is 8.19. The van der Waals surface area contributed by atoms with Crippen molar-refractivity contribution in [2.45, 2.75) is 12.5 Å². The van der Waals surface area contributed by atoms with Gasteiger partial charge in [0, 0.05) is 0 Å². The van der Waals surface area contributed by atoms with E-state index in [-0.39, 0.29) is 0 Å². The predicted molar refractivity (Wildman–Crippen MR) is 80.6 cm³/mol. The lowest BCUT2D eigenvalue weighted by Crippen LogP contribution is -1.94. The van der Waals surface area contributed by atoms with Crippen molar-refractivity contribution in [3.63, 3.8) is 0 Å². The van der Waals surface area contributed by atoms with Gasteiger partial charge in [0.15, 0.2) is 0 Å². The maximum atomic E-state index is 9.96. The van der Waals surface area contributed by atoms with Crippen molar-refractivity contribution in [2.24, 2.45) is 0 Å². The van der Waals surface area contributed by atoms with Crippen LogP contribution in [0.1, 0.15) is 23.7 Å². The maximum Gasteiger partial charge on any atom is 0.0824 e. The average Bonchev–Trinajstić information content (AvgIpc) is 2.49. The van der Waals surface area contributed by atoms with Gasteiger partial charge >= 0.3 is 0 Å². The molecule has 0 aliphatic carbocycles. The molecule has 0 amide bonds. The number of allylic oxidation sites excluding steroid dienone is 2. The van der Waals surface area contributed by atoms with E-state index in [0.717, 1.165) is 5.56 Å². The van der Waals surface area contributed by atoms with Gasteiger partial charge in [-0.25, -0.2) is 0 Å². The molecule has 19 heavy (non-hydrogen) atoms. The fourth-order valence-electron chi connectivity index (χ4n) is 1.83. The summed E-state index contributed by atoms with van der Waals surface area (Å²) < 4.78 is 0. The smallest absolute Gasteiger partial charge is 0.0824 e. The number of aliphatic hydroxyl groups excluding tert-OH is 1. The van der Waals surface area contributed by atoms with E-state index in [9.17, 15) is 5.11 Å². The second-order valence-electron chi connectivity index (χ2n) is 4.36. The second-order valence-corrected chi connectivity index (χ2v) is 4.36. The van der Waals surface area contributed by atoms with Crippen LogP contribution < -0.4 is 0 Å². The minimum Gasteiger partial charge on any atom is -0.388 e. The van der Waals surface area contributed by atoms with Gasteiger partial charge in [0.2, 0.25) is 0 Å². The Kier molecular flexibility index (Phi) is 5.15. The lowest BCUT2D eigenvalue weighted by molar-refractivity contribution is 0.181. The molecule has 0 saturated carbocycles. The van der Waals surface area contributed by atoms with Crippen molar-refractivity contribution < 1.29 is 5.11 Å². The zero-order valence-corrected chi connectivity index (χ0v) is 10.8. The van der Waals surface area contributed by atoms with Crippen LogP contribution in [0.3, 0.4) is 0 Å². The molecule has 1 heteroatoms. The van der Waals surface area contributed by atoms with Crippen LogP contribution in [0.25, 0.3) is 6.08 Å². The molecule has 0 radical (unpaired) electrons. The van der Waals surface area contributed by atoms with Crippen LogP contribution in [0.4, 0.5) is 0 Å². The number of rotatable bonds is 5. The highest BCUT2D eigenvalue weighted by Crippen LogP contribution is 2.16. The fourth-order valence-corrected chi connectivity index (χ4v) is 1.83. The maximum absolute atomic E-state index is 9.96. The zero-order valence-electron chi connectivity index (χ0n) is 10.8. The van der Waals surface area contributed by atoms with Gasteiger partial charge in [-0.15, -0.1) is 0 Å². The van der Waals surface area contributed by atoms with Gasteiger partial charge in [0.05, 0.1) is 6.10 Å². The van der Waals surface area contributed by atoms with Gasteiger partial charge in [-0.3, -0.25) is 0 Å². The Morgan fingerprint density at radius 2 is 1.47 bits per heavy atom. The molecular formula is C18H18O. The first-order valence-corrected chi connectivity index (χ1v) is 6.47. The molecule has 1 nitrogen and oxygen atoms in total. The van der Waals surface area contributed by atoms with Crippen LogP contribution in [0.15, 0.2) is 78.9 Å². The summed E-state index contributed by atoms with van der Waals surface area (Å²) in [4.78, 5) is 0. The topological polar surface area (TPSA) is 20.2 Å². The van der Waals surface area contributed by atoms with Crippen LogP contribution in [-0.4, -0.2) is 5.11 Å². The number of aliphatic hydroxyl groups is 1. The van der Waals surface area contributed by atoms with Crippen molar-refractivity contribution >= 4 is 6.08 Å². The molecule has 0 heterocycles. The Labute approximate surface area is 114 Å². The van der Waals surface area contributed by atoms with E-state index in [4.69, 9.17) is 0 Å². The molecule has 2 rings (SSSR count). The molecule has 1 N–H and O–H groups in total. The minimum atomic E-state index is -0.428. The number of benzene rings is 2. The molecule has 0 fully saturated rings. The third-order valence-corrected chi connectivity index (χ3v) is 2.88. The van der Waals surface area contributed by atoms with Crippen LogP contribution in [-0.2, 0) is 0 Å². The Morgan fingerprint density at radius 3 is 2.16 bits per heavy atom. The number of hydrogen-bond donors (Lipinski definition) is 1. The van der Waals surface area contributed by atoms with Gasteiger partial charge < -0.3 is 5.11 Å². The van der Waals surface area contributed by atoms with Crippen molar-refractivity contribution in [3.8, 4) is 0 Å². The van der Waals surface area contributed by atoms with E-state index in [1.165, 1.54) is 5.56 Å². The summed E-state index contributed by atoms with van der Waals surface area (Å²) in [6.45, 7) is 0. The van der Waals surface area contributed by atoms with Gasteiger partial charge in [0.1, 0.15) is 0 Å². The molecule has 2 aromatic rings. The van der Waals surface area contributed by atoms with Crippen molar-refractivity contribution in [2.75, 3.05) is 0 Å². The fraction of sp³-hybridized carbons (Fsp3) is 0.111. The largest absolute Gasteiger partial charge is 0.388 e. The summed E-state index contributed by atoms with van der Waals surface area (Å²) in [5.74, 6) is 0. The summed E-state index contributed by atoms with van der Waals surface area (Å²) in [5.41, 5.74) is 2.13. The van der Waals surface area contributed by atoms with E-state index in [0.29, 0.717) is 6.42 Å². The molecule has 0 aromatic heterocycles. The minimum absolute atomic E-state index is 0.428. The average molecular weight is 250 g/mol. The molecular weight excluding hydrogens is 232 g/mol. The van der Waals surface area contributed by atoms with E-state index >= 15 is 0 Å². The first kappa shape index (κ1) is 13.3. The quantitative estimate of drug-likeness (QED) is 0.781. The van der Waals surface area contributed by atoms with E-state index in [1.54, 1.807) is 0 Å². The van der Waals surface area contributed by atoms with E-state index in [2.05, 4.69) is 12.1 Å². The summed E-state index contributed by atoms with van der Waals surface area (Å²) in [7, 11) is 0. The van der Waals surface area contributed by atoms with E-state index < -0.39 is 6.10 Å². The van der Waals surface area contributed by atoms with Crippen molar-refractivity contribution in [3.05, 3.63) is 90.0 Å². The van der Waals surface area contributed by atoms with Crippen LogP contribution in [0.5, 0.6) is 0 Å². The molecule has 0 bridgehead atoms. The van der Waals surface area contributed by atoms with Gasteiger partial charge in [0.25, 0.3) is 0 Å². The van der Waals surface area contributed by atoms with Crippen molar-refractivity contribution in [1.82, 2.24) is 0 Å². The predicted octanol–water partition coefficient (Wildman–Crippen LogP) is 4.38. The number of hydrogen-bond acceptors (Lipinski definition) is 1. The van der Waals surface area contributed by atoms with Gasteiger partial charge in [-0.1, -0.05) is 85.0 Å². The van der Waals surface area contributed by atoms with Gasteiger partial charge in [-0.05, 0) is 17.5 Å².